The van der Waals surface area contributed by atoms with Gasteiger partial charge in [0, 0.05) is 17.2 Å². The number of carbonyl (C=O) groups is 1. The fourth-order valence-corrected chi connectivity index (χ4v) is 3.62. The number of benzene rings is 2. The molecule has 2 rings (SSSR count). The maximum atomic E-state index is 12.5. The lowest BCUT2D eigenvalue weighted by Crippen LogP contribution is -2.34. The fraction of sp³-hybridized carbons (Fsp3) is 0.278. The molecule has 2 aromatic carbocycles. The van der Waals surface area contributed by atoms with E-state index in [1.54, 1.807) is 12.1 Å². The van der Waals surface area contributed by atoms with Crippen LogP contribution in [0.25, 0.3) is 0 Å². The van der Waals surface area contributed by atoms with Gasteiger partial charge in [-0.1, -0.05) is 41.9 Å². The molecule has 7 heteroatoms. The summed E-state index contributed by atoms with van der Waals surface area (Å²) in [5, 5.41) is 2.72. The summed E-state index contributed by atoms with van der Waals surface area (Å²) in [5.74, 6) is 0.0208. The first kappa shape index (κ1) is 19.6. The summed E-state index contributed by atoms with van der Waals surface area (Å²) in [6.07, 6.45) is 0. The van der Waals surface area contributed by atoms with Gasteiger partial charge in [-0.3, -0.25) is 4.79 Å². The largest absolute Gasteiger partial charge is 0.325 e. The van der Waals surface area contributed by atoms with Gasteiger partial charge < -0.3 is 5.32 Å². The van der Waals surface area contributed by atoms with E-state index < -0.39 is 10.0 Å². The van der Waals surface area contributed by atoms with Crippen LogP contribution in [0, 0.1) is 0 Å². The van der Waals surface area contributed by atoms with Gasteiger partial charge in [0.25, 0.3) is 0 Å². The highest BCUT2D eigenvalue weighted by atomic mass is 79.9. The molecule has 0 atom stereocenters. The van der Waals surface area contributed by atoms with Crippen LogP contribution >= 0.6 is 15.9 Å². The number of halogens is 1. The number of nitrogens with zero attached hydrogens (tertiary/aromatic N) is 1. The van der Waals surface area contributed by atoms with Crippen LogP contribution in [0.4, 0.5) is 5.69 Å². The first-order valence-electron chi connectivity index (χ1n) is 7.82. The molecular weight excluding hydrogens is 404 g/mol. The maximum Gasteiger partial charge on any atom is 0.243 e. The van der Waals surface area contributed by atoms with Crippen LogP contribution in [-0.4, -0.2) is 32.2 Å². The molecular formula is C18H21BrN2O3S. The predicted molar refractivity (Wildman–Crippen MR) is 103 cm³/mol. The van der Waals surface area contributed by atoms with Crippen molar-refractivity contribution in [2.75, 3.05) is 18.9 Å². The molecule has 0 fully saturated rings. The zero-order chi connectivity index (χ0) is 18.6. The molecule has 134 valence electrons. The van der Waals surface area contributed by atoms with Crippen molar-refractivity contribution < 1.29 is 13.2 Å². The van der Waals surface area contributed by atoms with Crippen molar-refractivity contribution in [3.05, 3.63) is 58.6 Å². The highest BCUT2D eigenvalue weighted by molar-refractivity contribution is 9.10. The summed E-state index contributed by atoms with van der Waals surface area (Å²) < 4.78 is 26.8. The number of anilines is 1. The van der Waals surface area contributed by atoms with Gasteiger partial charge in [0.1, 0.15) is 0 Å². The van der Waals surface area contributed by atoms with E-state index in [4.69, 9.17) is 0 Å². The van der Waals surface area contributed by atoms with Gasteiger partial charge in [0.05, 0.1) is 11.4 Å². The second-order valence-electron chi connectivity index (χ2n) is 6.04. The number of sulfonamides is 1. The summed E-state index contributed by atoms with van der Waals surface area (Å²) in [6.45, 7) is 3.93. The summed E-state index contributed by atoms with van der Waals surface area (Å²) in [7, 11) is -2.32. The molecule has 25 heavy (non-hydrogen) atoms. The zero-order valence-electron chi connectivity index (χ0n) is 14.4. The Kier molecular flexibility index (Phi) is 6.37. The standard InChI is InChI=1S/C18H21BrN2O3S/c1-13(2)14-4-8-16(9-5-14)20-18(22)12-21(3)25(23,24)17-10-6-15(19)7-11-17/h4-11,13H,12H2,1-3H3,(H,20,22). The van der Waals surface area contributed by atoms with Crippen LogP contribution in [0.15, 0.2) is 57.9 Å². The third-order valence-electron chi connectivity index (χ3n) is 3.75. The number of nitrogens with one attached hydrogen (secondary N) is 1. The van der Waals surface area contributed by atoms with Gasteiger partial charge in [-0.05, 0) is 47.9 Å². The minimum Gasteiger partial charge on any atom is -0.325 e. The van der Waals surface area contributed by atoms with Gasteiger partial charge in [-0.2, -0.15) is 4.31 Å². The van der Waals surface area contributed by atoms with E-state index in [0.717, 1.165) is 8.78 Å². The van der Waals surface area contributed by atoms with Crippen LogP contribution in [-0.2, 0) is 14.8 Å². The summed E-state index contributed by atoms with van der Waals surface area (Å²) in [6, 6.07) is 13.8. The lowest BCUT2D eigenvalue weighted by atomic mass is 10.0. The van der Waals surface area contributed by atoms with Crippen molar-refractivity contribution in [1.29, 1.82) is 0 Å². The van der Waals surface area contributed by atoms with Crippen LogP contribution in [0.2, 0.25) is 0 Å². The number of rotatable bonds is 6. The molecule has 1 N–H and O–H groups in total. The quantitative estimate of drug-likeness (QED) is 0.765. The Morgan fingerprint density at radius 3 is 2.16 bits per heavy atom. The Morgan fingerprint density at radius 2 is 1.64 bits per heavy atom. The average molecular weight is 425 g/mol. The zero-order valence-corrected chi connectivity index (χ0v) is 16.8. The lowest BCUT2D eigenvalue weighted by Gasteiger charge is -2.17. The van der Waals surface area contributed by atoms with E-state index in [2.05, 4.69) is 35.1 Å². The minimum atomic E-state index is -3.71. The average Bonchev–Trinajstić information content (AvgIpc) is 2.55. The molecule has 0 saturated carbocycles. The third-order valence-corrected chi connectivity index (χ3v) is 6.10. The molecule has 0 aliphatic carbocycles. The minimum absolute atomic E-state index is 0.146. The molecule has 0 bridgehead atoms. The van der Waals surface area contributed by atoms with E-state index in [-0.39, 0.29) is 17.3 Å². The van der Waals surface area contributed by atoms with E-state index in [9.17, 15) is 13.2 Å². The van der Waals surface area contributed by atoms with Crippen LogP contribution in [0.5, 0.6) is 0 Å². The topological polar surface area (TPSA) is 66.5 Å². The molecule has 0 unspecified atom stereocenters. The lowest BCUT2D eigenvalue weighted by molar-refractivity contribution is -0.116. The number of hydrogen-bond acceptors (Lipinski definition) is 3. The molecule has 0 aromatic heterocycles. The van der Waals surface area contributed by atoms with Gasteiger partial charge in [-0.15, -0.1) is 0 Å². The van der Waals surface area contributed by atoms with Crippen molar-refractivity contribution in [3.63, 3.8) is 0 Å². The smallest absolute Gasteiger partial charge is 0.243 e. The van der Waals surface area contributed by atoms with E-state index in [1.807, 2.05) is 24.3 Å². The van der Waals surface area contributed by atoms with Crippen molar-refractivity contribution in [2.24, 2.45) is 0 Å². The first-order valence-corrected chi connectivity index (χ1v) is 10.0. The number of likely N-dealkylation sites (N-methyl/N-ethyl adjacent to an activating group) is 1. The normalized spacial score (nSPS) is 11.8. The van der Waals surface area contributed by atoms with Crippen molar-refractivity contribution in [2.45, 2.75) is 24.7 Å². The number of amides is 1. The first-order chi connectivity index (χ1) is 11.7. The Labute approximate surface area is 157 Å². The van der Waals surface area contributed by atoms with Crippen molar-refractivity contribution in [3.8, 4) is 0 Å². The number of hydrogen-bond donors (Lipinski definition) is 1. The Morgan fingerprint density at radius 1 is 1.08 bits per heavy atom. The van der Waals surface area contributed by atoms with Gasteiger partial charge in [0.2, 0.25) is 15.9 Å². The fourth-order valence-electron chi connectivity index (χ4n) is 2.23. The second-order valence-corrected chi connectivity index (χ2v) is 9.00. The highest BCUT2D eigenvalue weighted by Gasteiger charge is 2.22. The molecule has 0 spiro atoms. The second kappa shape index (κ2) is 8.12. The van der Waals surface area contributed by atoms with Gasteiger partial charge in [-0.25, -0.2) is 8.42 Å². The van der Waals surface area contributed by atoms with E-state index in [0.29, 0.717) is 11.6 Å². The van der Waals surface area contributed by atoms with Crippen LogP contribution in [0.3, 0.4) is 0 Å². The summed E-state index contributed by atoms with van der Waals surface area (Å²) in [5.41, 5.74) is 1.82. The van der Waals surface area contributed by atoms with Crippen molar-refractivity contribution >= 4 is 37.5 Å². The van der Waals surface area contributed by atoms with E-state index >= 15 is 0 Å². The van der Waals surface area contributed by atoms with Crippen molar-refractivity contribution in [1.82, 2.24) is 4.31 Å². The third kappa shape index (κ3) is 5.14. The van der Waals surface area contributed by atoms with Crippen LogP contribution in [0.1, 0.15) is 25.3 Å². The highest BCUT2D eigenvalue weighted by Crippen LogP contribution is 2.19. The molecule has 0 heterocycles. The Hall–Kier alpha value is -1.70. The summed E-state index contributed by atoms with van der Waals surface area (Å²) >= 11 is 3.27. The molecule has 2 aromatic rings. The van der Waals surface area contributed by atoms with Gasteiger partial charge >= 0.3 is 0 Å². The predicted octanol–water partition coefficient (Wildman–Crippen LogP) is 3.83. The maximum absolute atomic E-state index is 12.5. The monoisotopic (exact) mass is 424 g/mol. The Balaban J connectivity index is 2.02. The Bertz CT molecular complexity index is 832. The molecule has 5 nitrogen and oxygen atoms in total. The van der Waals surface area contributed by atoms with Gasteiger partial charge in [0.15, 0.2) is 0 Å². The van der Waals surface area contributed by atoms with E-state index in [1.165, 1.54) is 24.7 Å². The molecule has 0 saturated heterocycles. The molecule has 1 amide bonds. The molecule has 0 aliphatic rings. The summed E-state index contributed by atoms with van der Waals surface area (Å²) in [4.78, 5) is 12.3. The SMILES string of the molecule is CC(C)c1ccc(NC(=O)CN(C)S(=O)(=O)c2ccc(Br)cc2)cc1. The molecule has 0 aliphatic heterocycles. The number of carbonyl (C=O) groups excluding carboxylic acids is 1. The molecule has 0 radical (unpaired) electrons. The van der Waals surface area contributed by atoms with Crippen LogP contribution < -0.4 is 5.32 Å².